The zero-order valence-corrected chi connectivity index (χ0v) is 16.3. The molecule has 0 saturated carbocycles. The first-order chi connectivity index (χ1) is 12.5. The third kappa shape index (κ3) is 5.37. The van der Waals surface area contributed by atoms with Crippen LogP contribution in [-0.4, -0.2) is 31.9 Å². The summed E-state index contributed by atoms with van der Waals surface area (Å²) in [6.07, 6.45) is 6.68. The van der Waals surface area contributed by atoms with Crippen LogP contribution in [0, 0.1) is 28.6 Å². The molecule has 0 aromatic heterocycles. The number of esters is 2. The van der Waals surface area contributed by atoms with Gasteiger partial charge in [0.25, 0.3) is 0 Å². The average Bonchev–Trinajstić information content (AvgIpc) is 2.62. The Labute approximate surface area is 158 Å². The van der Waals surface area contributed by atoms with Crippen molar-refractivity contribution in [3.8, 4) is 12.1 Å². The lowest BCUT2D eigenvalue weighted by molar-refractivity contribution is -0.145. The monoisotopic (exact) mass is 376 g/mol. The molecule has 0 aromatic rings. The number of nitrogens with zero attached hydrogens (tertiary/aromatic N) is 2. The fraction of sp³-hybridized carbons (Fsp3) is 0.579. The number of ether oxygens (including phenoxy) is 2. The van der Waals surface area contributed by atoms with Gasteiger partial charge in [0.2, 0.25) is 0 Å². The van der Waals surface area contributed by atoms with Crippen molar-refractivity contribution in [2.24, 2.45) is 5.92 Å². The van der Waals surface area contributed by atoms with Crippen molar-refractivity contribution in [3.63, 3.8) is 0 Å². The molecular formula is C19H24N2O4S. The van der Waals surface area contributed by atoms with E-state index in [9.17, 15) is 20.1 Å². The Morgan fingerprint density at radius 1 is 1.19 bits per heavy atom. The first kappa shape index (κ1) is 21.8. The molecule has 1 aliphatic carbocycles. The summed E-state index contributed by atoms with van der Waals surface area (Å²) in [5, 5.41) is 19.1. The lowest BCUT2D eigenvalue weighted by Gasteiger charge is -2.23. The summed E-state index contributed by atoms with van der Waals surface area (Å²) >= 11 is 1.26. The van der Waals surface area contributed by atoms with Crippen LogP contribution in [0.3, 0.4) is 0 Å². The summed E-state index contributed by atoms with van der Waals surface area (Å²) in [6, 6.07) is 3.97. The molecule has 7 heteroatoms. The van der Waals surface area contributed by atoms with Gasteiger partial charge in [0, 0.05) is 4.91 Å². The molecule has 0 radical (unpaired) electrons. The summed E-state index contributed by atoms with van der Waals surface area (Å²) in [7, 11) is 1.22. The molecule has 0 aromatic carbocycles. The van der Waals surface area contributed by atoms with E-state index in [1.165, 1.54) is 18.9 Å². The Bertz CT molecular complexity index is 683. The predicted molar refractivity (Wildman–Crippen MR) is 98.6 cm³/mol. The van der Waals surface area contributed by atoms with E-state index in [1.54, 1.807) is 13.2 Å². The van der Waals surface area contributed by atoms with Crippen molar-refractivity contribution in [2.45, 2.75) is 45.4 Å². The minimum Gasteiger partial charge on any atom is -0.465 e. The van der Waals surface area contributed by atoms with Crippen LogP contribution in [0.4, 0.5) is 0 Å². The Morgan fingerprint density at radius 2 is 1.85 bits per heavy atom. The molecule has 0 bridgehead atoms. The van der Waals surface area contributed by atoms with Gasteiger partial charge in [-0.05, 0) is 50.0 Å². The molecule has 0 amide bonds. The van der Waals surface area contributed by atoms with E-state index < -0.39 is 17.9 Å². The van der Waals surface area contributed by atoms with E-state index in [-0.39, 0.29) is 12.2 Å². The Balaban J connectivity index is 3.63. The van der Waals surface area contributed by atoms with Crippen molar-refractivity contribution in [1.82, 2.24) is 0 Å². The van der Waals surface area contributed by atoms with Crippen LogP contribution in [0.1, 0.15) is 45.4 Å². The molecule has 140 valence electrons. The lowest BCUT2D eigenvalue weighted by Crippen LogP contribution is -2.21. The third-order valence-corrected chi connectivity index (χ3v) is 5.08. The fourth-order valence-corrected chi connectivity index (χ4v) is 3.84. The molecule has 1 atom stereocenters. The maximum absolute atomic E-state index is 12.3. The van der Waals surface area contributed by atoms with Crippen LogP contribution in [0.2, 0.25) is 0 Å². The summed E-state index contributed by atoms with van der Waals surface area (Å²) in [5.41, 5.74) is 1.30. The Kier molecular flexibility index (Phi) is 9.54. The van der Waals surface area contributed by atoms with Gasteiger partial charge >= 0.3 is 11.9 Å². The topological polar surface area (TPSA) is 100 Å². The maximum atomic E-state index is 12.3. The molecule has 0 spiro atoms. The van der Waals surface area contributed by atoms with Gasteiger partial charge in [-0.3, -0.25) is 4.79 Å². The molecule has 0 aliphatic heterocycles. The predicted octanol–water partition coefficient (Wildman–Crippen LogP) is 3.65. The van der Waals surface area contributed by atoms with Crippen LogP contribution in [0.25, 0.3) is 0 Å². The largest absolute Gasteiger partial charge is 0.465 e. The summed E-state index contributed by atoms with van der Waals surface area (Å²) in [5.74, 6) is -2.32. The number of nitriles is 2. The van der Waals surface area contributed by atoms with Gasteiger partial charge < -0.3 is 9.47 Å². The van der Waals surface area contributed by atoms with Crippen LogP contribution in [0.5, 0.6) is 0 Å². The van der Waals surface area contributed by atoms with Gasteiger partial charge in [-0.25, -0.2) is 4.79 Å². The van der Waals surface area contributed by atoms with E-state index in [2.05, 4.69) is 6.07 Å². The van der Waals surface area contributed by atoms with Gasteiger partial charge in [-0.15, -0.1) is 11.8 Å². The fourth-order valence-electron chi connectivity index (χ4n) is 3.03. The number of rotatable bonds is 6. The second-order valence-electron chi connectivity index (χ2n) is 5.74. The van der Waals surface area contributed by atoms with Crippen LogP contribution in [0.15, 0.2) is 21.6 Å². The molecule has 0 fully saturated rings. The number of hydrogen-bond acceptors (Lipinski definition) is 7. The molecule has 0 saturated heterocycles. The van der Waals surface area contributed by atoms with Crippen molar-refractivity contribution in [3.05, 3.63) is 21.6 Å². The van der Waals surface area contributed by atoms with Crippen molar-refractivity contribution < 1.29 is 19.1 Å². The van der Waals surface area contributed by atoms with E-state index >= 15 is 0 Å². The summed E-state index contributed by atoms with van der Waals surface area (Å²) in [6.45, 7) is 1.88. The number of carbonyl (C=O) groups is 2. The highest BCUT2D eigenvalue weighted by atomic mass is 32.2. The SMILES string of the molecule is CCOC(=O)[C@H](C#N)C1=C(/C(SC)=C(/C#N)C(=O)OC)CCCCCC1. The molecule has 26 heavy (non-hydrogen) atoms. The van der Waals surface area contributed by atoms with Gasteiger partial charge in [-0.1, -0.05) is 12.8 Å². The number of allylic oxidation sites excluding steroid dienone is 1. The Morgan fingerprint density at radius 3 is 2.35 bits per heavy atom. The molecule has 1 rings (SSSR count). The van der Waals surface area contributed by atoms with Crippen molar-refractivity contribution in [1.29, 1.82) is 10.5 Å². The molecule has 0 heterocycles. The maximum Gasteiger partial charge on any atom is 0.349 e. The number of methoxy groups -OCH3 is 1. The second kappa shape index (κ2) is 11.4. The molecule has 0 N–H and O–H groups in total. The highest BCUT2D eigenvalue weighted by Crippen LogP contribution is 2.38. The first-order valence-electron chi connectivity index (χ1n) is 8.60. The minimum absolute atomic E-state index is 0.0892. The lowest BCUT2D eigenvalue weighted by atomic mass is 9.85. The highest BCUT2D eigenvalue weighted by molar-refractivity contribution is 8.02. The highest BCUT2D eigenvalue weighted by Gasteiger charge is 2.30. The van der Waals surface area contributed by atoms with E-state index in [0.29, 0.717) is 23.3 Å². The van der Waals surface area contributed by atoms with Gasteiger partial charge in [0.1, 0.15) is 6.07 Å². The minimum atomic E-state index is -1.03. The third-order valence-electron chi connectivity index (χ3n) is 4.22. The number of hydrogen-bond donors (Lipinski definition) is 0. The molecule has 0 unspecified atom stereocenters. The van der Waals surface area contributed by atoms with Gasteiger partial charge in [-0.2, -0.15) is 10.5 Å². The van der Waals surface area contributed by atoms with Crippen LogP contribution < -0.4 is 0 Å². The normalized spacial score (nSPS) is 17.0. The zero-order chi connectivity index (χ0) is 19.5. The smallest absolute Gasteiger partial charge is 0.349 e. The summed E-state index contributed by atoms with van der Waals surface area (Å²) in [4.78, 5) is 24.8. The van der Waals surface area contributed by atoms with Gasteiger partial charge in [0.15, 0.2) is 11.5 Å². The average molecular weight is 376 g/mol. The standard InChI is InChI=1S/C19H24N2O4S/c1-4-25-19(23)15(11-20)13-9-7-5-6-8-10-14(13)17(26-3)16(12-21)18(22)24-2/h15H,4-10H2,1-3H3/b14-13?,17-16+/t15-/m1/s1. The first-order valence-corrected chi connectivity index (χ1v) is 9.83. The van der Waals surface area contributed by atoms with Crippen LogP contribution >= 0.6 is 11.8 Å². The van der Waals surface area contributed by atoms with Gasteiger partial charge in [0.05, 0.1) is 19.8 Å². The molecule has 6 nitrogen and oxygen atoms in total. The van der Waals surface area contributed by atoms with Crippen LogP contribution in [-0.2, 0) is 19.1 Å². The summed E-state index contributed by atoms with van der Waals surface area (Å²) < 4.78 is 9.79. The Hall–Kier alpha value is -2.25. The van der Waals surface area contributed by atoms with E-state index in [4.69, 9.17) is 9.47 Å². The van der Waals surface area contributed by atoms with E-state index in [0.717, 1.165) is 31.3 Å². The number of carbonyl (C=O) groups excluding carboxylic acids is 2. The van der Waals surface area contributed by atoms with Crippen molar-refractivity contribution in [2.75, 3.05) is 20.0 Å². The second-order valence-corrected chi connectivity index (χ2v) is 6.56. The zero-order valence-electron chi connectivity index (χ0n) is 15.5. The van der Waals surface area contributed by atoms with Crippen molar-refractivity contribution >= 4 is 23.7 Å². The molecule has 1 aliphatic rings. The quantitative estimate of drug-likeness (QED) is 0.396. The molecular weight excluding hydrogens is 352 g/mol. The van der Waals surface area contributed by atoms with E-state index in [1.807, 2.05) is 6.07 Å². The number of thioether (sulfide) groups is 1.